The zero-order valence-electron chi connectivity index (χ0n) is 20.2. The number of ether oxygens (including phenoxy) is 6. The van der Waals surface area contributed by atoms with Gasteiger partial charge in [0.15, 0.2) is 23.0 Å². The van der Waals surface area contributed by atoms with Crippen molar-refractivity contribution in [2.45, 2.75) is 44.4 Å². The Morgan fingerprint density at radius 2 is 1.63 bits per heavy atom. The molecule has 0 radical (unpaired) electrons. The molecule has 7 heteroatoms. The van der Waals surface area contributed by atoms with Gasteiger partial charge in [0.25, 0.3) is 0 Å². The number of fused-ring (bicyclic) bond motifs is 2. The first-order valence-electron chi connectivity index (χ1n) is 12.4. The van der Waals surface area contributed by atoms with Gasteiger partial charge < -0.3 is 28.4 Å². The number of esters is 1. The van der Waals surface area contributed by atoms with Gasteiger partial charge in [0, 0.05) is 5.92 Å². The molecule has 0 saturated heterocycles. The fourth-order valence-corrected chi connectivity index (χ4v) is 5.84. The second kappa shape index (κ2) is 9.02. The van der Waals surface area contributed by atoms with Gasteiger partial charge in [0.1, 0.15) is 6.61 Å². The fraction of sp³-hybridized carbons (Fsp3) is 0.464. The Labute approximate surface area is 204 Å². The molecule has 7 nitrogen and oxygen atoms in total. The highest BCUT2D eigenvalue weighted by atomic mass is 16.7. The second-order valence-electron chi connectivity index (χ2n) is 9.68. The van der Waals surface area contributed by atoms with Crippen LogP contribution in [-0.2, 0) is 16.0 Å². The molecule has 184 valence electrons. The molecule has 2 heterocycles. The van der Waals surface area contributed by atoms with Crippen molar-refractivity contribution < 1.29 is 33.2 Å². The van der Waals surface area contributed by atoms with Crippen LogP contribution in [0, 0.1) is 5.92 Å². The SMILES string of the molecule is COc1cc([C@H]2C3=C(COC3=O)Cc3cc4c(cc32)OCO4)cc(OC)c1OCC1CCCCC1. The summed E-state index contributed by atoms with van der Waals surface area (Å²) >= 11 is 0. The Morgan fingerprint density at radius 3 is 2.34 bits per heavy atom. The quantitative estimate of drug-likeness (QED) is 0.545. The molecule has 0 N–H and O–H groups in total. The monoisotopic (exact) mass is 478 g/mol. The van der Waals surface area contributed by atoms with E-state index in [1.165, 1.54) is 32.1 Å². The van der Waals surface area contributed by atoms with Crippen LogP contribution in [0.3, 0.4) is 0 Å². The van der Waals surface area contributed by atoms with Crippen LogP contribution in [0.4, 0.5) is 0 Å². The van der Waals surface area contributed by atoms with Crippen molar-refractivity contribution in [3.05, 3.63) is 52.1 Å². The molecule has 6 rings (SSSR count). The Bertz CT molecular complexity index is 1170. The number of benzene rings is 2. The zero-order valence-corrected chi connectivity index (χ0v) is 20.2. The van der Waals surface area contributed by atoms with Gasteiger partial charge in [-0.1, -0.05) is 19.3 Å². The van der Waals surface area contributed by atoms with Crippen LogP contribution in [0.25, 0.3) is 0 Å². The third-order valence-electron chi connectivity index (χ3n) is 7.62. The summed E-state index contributed by atoms with van der Waals surface area (Å²) in [5.41, 5.74) is 4.69. The summed E-state index contributed by atoms with van der Waals surface area (Å²) in [7, 11) is 3.26. The first kappa shape index (κ1) is 22.1. The normalized spacial score (nSPS) is 20.9. The number of methoxy groups -OCH3 is 2. The average Bonchev–Trinajstić information content (AvgIpc) is 3.50. The maximum Gasteiger partial charge on any atom is 0.335 e. The minimum atomic E-state index is -0.326. The highest BCUT2D eigenvalue weighted by Crippen LogP contribution is 2.50. The van der Waals surface area contributed by atoms with Crippen LogP contribution in [0.15, 0.2) is 35.4 Å². The lowest BCUT2D eigenvalue weighted by atomic mass is 9.75. The van der Waals surface area contributed by atoms with Crippen LogP contribution < -0.4 is 23.7 Å². The van der Waals surface area contributed by atoms with E-state index >= 15 is 0 Å². The van der Waals surface area contributed by atoms with E-state index in [1.54, 1.807) is 14.2 Å². The van der Waals surface area contributed by atoms with Gasteiger partial charge in [0.2, 0.25) is 12.5 Å². The molecule has 0 spiro atoms. The van der Waals surface area contributed by atoms with E-state index in [2.05, 4.69) is 0 Å². The fourth-order valence-electron chi connectivity index (χ4n) is 5.84. The third kappa shape index (κ3) is 3.87. The lowest BCUT2D eigenvalue weighted by molar-refractivity contribution is -0.136. The molecule has 2 aliphatic carbocycles. The predicted molar refractivity (Wildman–Crippen MR) is 128 cm³/mol. The molecule has 0 unspecified atom stereocenters. The van der Waals surface area contributed by atoms with Gasteiger partial charge in [-0.3, -0.25) is 0 Å². The van der Waals surface area contributed by atoms with Gasteiger partial charge in [-0.15, -0.1) is 0 Å². The molecule has 1 atom stereocenters. The molecular weight excluding hydrogens is 448 g/mol. The molecule has 1 fully saturated rings. The van der Waals surface area contributed by atoms with Crippen molar-refractivity contribution in [1.29, 1.82) is 0 Å². The van der Waals surface area contributed by atoms with Crippen LogP contribution >= 0.6 is 0 Å². The molecule has 4 aliphatic rings. The van der Waals surface area contributed by atoms with Gasteiger partial charge in [-0.2, -0.15) is 0 Å². The van der Waals surface area contributed by atoms with Gasteiger partial charge in [0.05, 0.1) is 26.4 Å². The maximum absolute atomic E-state index is 12.9. The summed E-state index contributed by atoms with van der Waals surface area (Å²) in [4.78, 5) is 12.9. The summed E-state index contributed by atoms with van der Waals surface area (Å²) in [6.45, 7) is 1.16. The van der Waals surface area contributed by atoms with Crippen molar-refractivity contribution in [2.24, 2.45) is 5.92 Å². The topological polar surface area (TPSA) is 72.5 Å². The highest BCUT2D eigenvalue weighted by molar-refractivity contribution is 5.95. The summed E-state index contributed by atoms with van der Waals surface area (Å²) in [6, 6.07) is 7.93. The average molecular weight is 479 g/mol. The maximum atomic E-state index is 12.9. The number of carbonyl (C=O) groups excluding carboxylic acids is 1. The summed E-state index contributed by atoms with van der Waals surface area (Å²) in [5, 5.41) is 0. The Balaban J connectivity index is 1.42. The molecule has 2 aliphatic heterocycles. The smallest absolute Gasteiger partial charge is 0.335 e. The number of hydrogen-bond acceptors (Lipinski definition) is 7. The van der Waals surface area contributed by atoms with Gasteiger partial charge in [-0.05, 0) is 71.7 Å². The van der Waals surface area contributed by atoms with E-state index in [-0.39, 0.29) is 18.7 Å². The van der Waals surface area contributed by atoms with Gasteiger partial charge >= 0.3 is 5.97 Å². The Hall–Kier alpha value is -3.35. The van der Waals surface area contributed by atoms with Crippen molar-refractivity contribution >= 4 is 5.97 Å². The van der Waals surface area contributed by atoms with E-state index in [1.807, 2.05) is 24.3 Å². The summed E-state index contributed by atoms with van der Waals surface area (Å²) in [6.07, 6.45) is 6.86. The number of hydrogen-bond donors (Lipinski definition) is 0. The molecule has 0 aromatic heterocycles. The molecular formula is C28H30O7. The Morgan fingerprint density at radius 1 is 0.914 bits per heavy atom. The first-order chi connectivity index (χ1) is 17.2. The van der Waals surface area contributed by atoms with E-state index in [9.17, 15) is 4.79 Å². The molecule has 2 aromatic rings. The van der Waals surface area contributed by atoms with Crippen molar-refractivity contribution in [1.82, 2.24) is 0 Å². The minimum absolute atomic E-state index is 0.201. The predicted octanol–water partition coefficient (Wildman–Crippen LogP) is 4.93. The minimum Gasteiger partial charge on any atom is -0.493 e. The van der Waals surface area contributed by atoms with Crippen molar-refractivity contribution in [2.75, 3.05) is 34.2 Å². The van der Waals surface area contributed by atoms with Crippen molar-refractivity contribution in [3.8, 4) is 28.7 Å². The number of rotatable bonds is 6. The standard InChI is InChI=1S/C28H30O7/c1-30-23-10-18(11-24(31-2)27(23)32-13-16-6-4-3-5-7-16)25-20-12-22-21(34-15-35-22)9-17(20)8-19-14-33-28(29)26(19)25/h9-12,16,25H,3-8,13-15H2,1-2H3/t25-/m1/s1. The van der Waals surface area contributed by atoms with E-state index in [4.69, 9.17) is 28.4 Å². The third-order valence-corrected chi connectivity index (χ3v) is 7.62. The molecule has 2 aromatic carbocycles. The first-order valence-corrected chi connectivity index (χ1v) is 12.4. The largest absolute Gasteiger partial charge is 0.493 e. The summed E-state index contributed by atoms with van der Waals surface area (Å²) < 4.78 is 34.6. The van der Waals surface area contributed by atoms with Crippen LogP contribution in [0.1, 0.15) is 54.7 Å². The van der Waals surface area contributed by atoms with Crippen LogP contribution in [0.2, 0.25) is 0 Å². The molecule has 35 heavy (non-hydrogen) atoms. The number of cyclic esters (lactones) is 1. The Kier molecular flexibility index (Phi) is 5.71. The van der Waals surface area contributed by atoms with Crippen LogP contribution in [-0.4, -0.2) is 40.2 Å². The van der Waals surface area contributed by atoms with Crippen LogP contribution in [0.5, 0.6) is 28.7 Å². The lowest BCUT2D eigenvalue weighted by Gasteiger charge is -2.28. The molecule has 1 saturated carbocycles. The van der Waals surface area contributed by atoms with Gasteiger partial charge in [-0.25, -0.2) is 4.79 Å². The summed E-state index contributed by atoms with van der Waals surface area (Å²) in [5.74, 6) is 3.17. The van der Waals surface area contributed by atoms with Crippen molar-refractivity contribution in [3.63, 3.8) is 0 Å². The molecule has 0 amide bonds. The highest BCUT2D eigenvalue weighted by Gasteiger charge is 2.40. The second-order valence-corrected chi connectivity index (χ2v) is 9.68. The van der Waals surface area contributed by atoms with E-state index in [0.717, 1.165) is 28.0 Å². The number of carbonyl (C=O) groups is 1. The van der Waals surface area contributed by atoms with E-state index in [0.29, 0.717) is 54.1 Å². The lowest BCUT2D eigenvalue weighted by Crippen LogP contribution is -2.19. The van der Waals surface area contributed by atoms with E-state index < -0.39 is 0 Å². The molecule has 0 bridgehead atoms. The zero-order chi connectivity index (χ0) is 23.9.